The SMILES string of the molecule is Cc1ccc(NC(=O)NC(=O)COC(=O)c2ccc(=O)n(C)n2)cc1C. The van der Waals surface area contributed by atoms with Crippen molar-refractivity contribution < 1.29 is 19.1 Å². The Kier molecular flexibility index (Phi) is 5.84. The molecule has 0 unspecified atom stereocenters. The average Bonchev–Trinajstić information content (AvgIpc) is 2.58. The Labute approximate surface area is 149 Å². The predicted octanol–water partition coefficient (Wildman–Crippen LogP) is 0.902. The fourth-order valence-corrected chi connectivity index (χ4v) is 1.96. The van der Waals surface area contributed by atoms with Crippen molar-refractivity contribution in [2.75, 3.05) is 11.9 Å². The highest BCUT2D eigenvalue weighted by Crippen LogP contribution is 2.13. The molecule has 0 radical (unpaired) electrons. The van der Waals surface area contributed by atoms with E-state index in [0.717, 1.165) is 21.9 Å². The molecule has 136 valence electrons. The zero-order valence-electron chi connectivity index (χ0n) is 14.5. The van der Waals surface area contributed by atoms with Gasteiger partial charge in [0.2, 0.25) is 0 Å². The van der Waals surface area contributed by atoms with E-state index in [0.29, 0.717) is 5.69 Å². The maximum absolute atomic E-state index is 11.8. The number of aromatic nitrogens is 2. The molecule has 1 aromatic carbocycles. The molecule has 0 fully saturated rings. The number of nitrogens with zero attached hydrogens (tertiary/aromatic N) is 2. The number of hydrogen-bond acceptors (Lipinski definition) is 6. The topological polar surface area (TPSA) is 119 Å². The van der Waals surface area contributed by atoms with Gasteiger partial charge in [-0.1, -0.05) is 6.07 Å². The van der Waals surface area contributed by atoms with Crippen molar-refractivity contribution in [2.45, 2.75) is 13.8 Å². The Morgan fingerprint density at radius 2 is 1.85 bits per heavy atom. The fourth-order valence-electron chi connectivity index (χ4n) is 1.96. The Hall–Kier alpha value is -3.49. The van der Waals surface area contributed by atoms with Gasteiger partial charge < -0.3 is 10.1 Å². The third-order valence-corrected chi connectivity index (χ3v) is 3.52. The van der Waals surface area contributed by atoms with Crippen LogP contribution in [-0.4, -0.2) is 34.3 Å². The van der Waals surface area contributed by atoms with Gasteiger partial charge in [-0.15, -0.1) is 0 Å². The lowest BCUT2D eigenvalue weighted by Crippen LogP contribution is -2.37. The van der Waals surface area contributed by atoms with E-state index in [1.807, 2.05) is 25.2 Å². The van der Waals surface area contributed by atoms with E-state index in [1.165, 1.54) is 13.1 Å². The summed E-state index contributed by atoms with van der Waals surface area (Å²) >= 11 is 0. The summed E-state index contributed by atoms with van der Waals surface area (Å²) in [6, 6.07) is 6.92. The summed E-state index contributed by atoms with van der Waals surface area (Å²) in [5.41, 5.74) is 2.09. The molecule has 0 aliphatic carbocycles. The smallest absolute Gasteiger partial charge is 0.359 e. The van der Waals surface area contributed by atoms with Crippen molar-refractivity contribution in [1.29, 1.82) is 0 Å². The van der Waals surface area contributed by atoms with Gasteiger partial charge in [-0.25, -0.2) is 14.3 Å². The Morgan fingerprint density at radius 3 is 2.50 bits per heavy atom. The van der Waals surface area contributed by atoms with Crippen LogP contribution in [0.4, 0.5) is 10.5 Å². The number of esters is 1. The van der Waals surface area contributed by atoms with E-state index in [9.17, 15) is 19.2 Å². The summed E-state index contributed by atoms with van der Waals surface area (Å²) in [5.74, 6) is -1.69. The molecule has 2 aromatic rings. The van der Waals surface area contributed by atoms with Crippen LogP contribution >= 0.6 is 0 Å². The second kappa shape index (κ2) is 8.06. The van der Waals surface area contributed by atoms with Crippen LogP contribution in [0.15, 0.2) is 35.1 Å². The molecule has 0 bridgehead atoms. The standard InChI is InChI=1S/C17H18N4O5/c1-10-4-5-12(8-11(10)2)18-17(25)19-14(22)9-26-16(24)13-6-7-15(23)21(3)20-13/h4-8H,9H2,1-3H3,(H2,18,19,22,25). The van der Waals surface area contributed by atoms with Gasteiger partial charge in [-0.3, -0.25) is 14.9 Å². The van der Waals surface area contributed by atoms with E-state index in [1.54, 1.807) is 12.1 Å². The highest BCUT2D eigenvalue weighted by Gasteiger charge is 2.14. The molecular formula is C17H18N4O5. The molecular weight excluding hydrogens is 340 g/mol. The van der Waals surface area contributed by atoms with E-state index >= 15 is 0 Å². The van der Waals surface area contributed by atoms with Crippen LogP contribution in [0, 0.1) is 13.8 Å². The van der Waals surface area contributed by atoms with Crippen LogP contribution in [0.1, 0.15) is 21.6 Å². The van der Waals surface area contributed by atoms with Gasteiger partial charge in [0.05, 0.1) is 0 Å². The van der Waals surface area contributed by atoms with Gasteiger partial charge >= 0.3 is 12.0 Å². The summed E-state index contributed by atoms with van der Waals surface area (Å²) in [6.07, 6.45) is 0. The summed E-state index contributed by atoms with van der Waals surface area (Å²) < 4.78 is 5.73. The first-order chi connectivity index (χ1) is 12.3. The van der Waals surface area contributed by atoms with Crippen molar-refractivity contribution in [1.82, 2.24) is 15.1 Å². The number of aryl methyl sites for hydroxylation is 3. The molecule has 3 amide bonds. The largest absolute Gasteiger partial charge is 0.451 e. The number of carbonyl (C=O) groups is 3. The number of anilines is 1. The zero-order valence-corrected chi connectivity index (χ0v) is 14.5. The summed E-state index contributed by atoms with van der Waals surface area (Å²) in [5, 5.41) is 8.26. The van der Waals surface area contributed by atoms with Crippen LogP contribution in [0.2, 0.25) is 0 Å². The molecule has 1 heterocycles. The van der Waals surface area contributed by atoms with Gasteiger partial charge in [0.25, 0.3) is 11.5 Å². The minimum atomic E-state index is -0.884. The monoisotopic (exact) mass is 358 g/mol. The van der Waals surface area contributed by atoms with Gasteiger partial charge in [-0.2, -0.15) is 5.10 Å². The van der Waals surface area contributed by atoms with Crippen molar-refractivity contribution in [3.05, 3.63) is 57.5 Å². The number of nitrogens with one attached hydrogen (secondary N) is 2. The Balaban J connectivity index is 1.84. The molecule has 2 rings (SSSR count). The van der Waals surface area contributed by atoms with Gasteiger partial charge in [0.1, 0.15) is 0 Å². The van der Waals surface area contributed by atoms with Crippen LogP contribution in [0.25, 0.3) is 0 Å². The fraction of sp³-hybridized carbons (Fsp3) is 0.235. The average molecular weight is 358 g/mol. The number of imide groups is 1. The van der Waals surface area contributed by atoms with E-state index in [4.69, 9.17) is 4.74 Å². The summed E-state index contributed by atoms with van der Waals surface area (Å²) in [7, 11) is 1.38. The molecule has 1 aromatic heterocycles. The minimum absolute atomic E-state index is 0.125. The van der Waals surface area contributed by atoms with Crippen molar-refractivity contribution >= 4 is 23.6 Å². The normalized spacial score (nSPS) is 10.1. The molecule has 0 aliphatic heterocycles. The molecule has 26 heavy (non-hydrogen) atoms. The van der Waals surface area contributed by atoms with Gasteiger partial charge in [0, 0.05) is 18.8 Å². The zero-order chi connectivity index (χ0) is 19.3. The van der Waals surface area contributed by atoms with E-state index in [2.05, 4.69) is 10.4 Å². The number of rotatable bonds is 4. The first-order valence-electron chi connectivity index (χ1n) is 7.66. The number of hydrogen-bond donors (Lipinski definition) is 2. The number of benzene rings is 1. The molecule has 0 atom stereocenters. The molecule has 2 N–H and O–H groups in total. The minimum Gasteiger partial charge on any atom is -0.451 e. The maximum Gasteiger partial charge on any atom is 0.359 e. The van der Waals surface area contributed by atoms with Crippen molar-refractivity contribution in [2.24, 2.45) is 7.05 Å². The lowest BCUT2D eigenvalue weighted by Gasteiger charge is -2.09. The van der Waals surface area contributed by atoms with Crippen molar-refractivity contribution in [3.8, 4) is 0 Å². The predicted molar refractivity (Wildman–Crippen MR) is 92.8 cm³/mol. The first-order valence-corrected chi connectivity index (χ1v) is 7.66. The summed E-state index contributed by atoms with van der Waals surface area (Å²) in [6.45, 7) is 3.18. The van der Waals surface area contributed by atoms with Gasteiger partial charge in [0.15, 0.2) is 12.3 Å². The Morgan fingerprint density at radius 1 is 1.12 bits per heavy atom. The number of amides is 3. The molecule has 0 saturated carbocycles. The number of carbonyl (C=O) groups excluding carboxylic acids is 3. The maximum atomic E-state index is 11.8. The first kappa shape index (κ1) is 18.8. The van der Waals surface area contributed by atoms with Crippen molar-refractivity contribution in [3.63, 3.8) is 0 Å². The molecule has 9 nitrogen and oxygen atoms in total. The van der Waals surface area contributed by atoms with Crippen LogP contribution < -0.4 is 16.2 Å². The lowest BCUT2D eigenvalue weighted by molar-refractivity contribution is -0.123. The quantitative estimate of drug-likeness (QED) is 0.784. The highest BCUT2D eigenvalue weighted by molar-refractivity contribution is 6.02. The van der Waals surface area contributed by atoms with Crippen LogP contribution in [0.3, 0.4) is 0 Å². The van der Waals surface area contributed by atoms with Gasteiger partial charge in [-0.05, 0) is 43.2 Å². The van der Waals surface area contributed by atoms with E-state index in [-0.39, 0.29) is 11.3 Å². The molecule has 0 spiro atoms. The highest BCUT2D eigenvalue weighted by atomic mass is 16.5. The third kappa shape index (κ3) is 5.00. The molecule has 0 saturated heterocycles. The lowest BCUT2D eigenvalue weighted by atomic mass is 10.1. The number of urea groups is 1. The number of ether oxygens (including phenoxy) is 1. The summed E-state index contributed by atoms with van der Waals surface area (Å²) in [4.78, 5) is 46.5. The second-order valence-electron chi connectivity index (χ2n) is 5.56. The van der Waals surface area contributed by atoms with E-state index < -0.39 is 24.5 Å². The third-order valence-electron chi connectivity index (χ3n) is 3.52. The second-order valence-corrected chi connectivity index (χ2v) is 5.56. The van der Waals surface area contributed by atoms with Crippen LogP contribution in [0.5, 0.6) is 0 Å². The Bertz CT molecular complexity index is 920. The molecule has 0 aliphatic rings. The molecule has 9 heteroatoms. The van der Waals surface area contributed by atoms with Crippen LogP contribution in [-0.2, 0) is 16.6 Å².